The molecular weight excluding hydrogens is 273 g/mol. The average Bonchev–Trinajstić information content (AvgIpc) is 2.22. The van der Waals surface area contributed by atoms with Crippen LogP contribution in [0.1, 0.15) is 17.5 Å². The van der Waals surface area contributed by atoms with Crippen LogP contribution in [0.15, 0.2) is 12.1 Å². The largest absolute Gasteiger partial charge is 0.480 e. The molecule has 19 heavy (non-hydrogen) atoms. The van der Waals surface area contributed by atoms with Gasteiger partial charge in [-0.25, -0.2) is 8.78 Å². The first-order chi connectivity index (χ1) is 8.62. The van der Waals surface area contributed by atoms with Crippen molar-refractivity contribution in [2.75, 3.05) is 0 Å². The number of nitrogens with two attached hydrogens (primary N) is 1. The first kappa shape index (κ1) is 15.4. The van der Waals surface area contributed by atoms with Gasteiger partial charge in [0.25, 0.3) is 0 Å². The van der Waals surface area contributed by atoms with E-state index in [0.717, 1.165) is 0 Å². The fourth-order valence-corrected chi connectivity index (χ4v) is 1.49. The molecule has 0 aromatic heterocycles. The summed E-state index contributed by atoms with van der Waals surface area (Å²) < 4.78 is 63.2. The molecule has 0 saturated carbocycles. The summed E-state index contributed by atoms with van der Waals surface area (Å²) in [6, 6.07) is -0.186. The molecule has 0 aliphatic heterocycles. The molecule has 1 rings (SSSR count). The molecule has 106 valence electrons. The van der Waals surface area contributed by atoms with Gasteiger partial charge < -0.3 is 10.8 Å². The van der Waals surface area contributed by atoms with Crippen molar-refractivity contribution in [2.24, 2.45) is 5.73 Å². The number of carboxylic acids is 1. The van der Waals surface area contributed by atoms with Crippen molar-refractivity contribution in [1.82, 2.24) is 0 Å². The van der Waals surface area contributed by atoms with Gasteiger partial charge in [-0.15, -0.1) is 0 Å². The van der Waals surface area contributed by atoms with Gasteiger partial charge in [0, 0.05) is 0 Å². The molecule has 1 atom stereocenters. The minimum Gasteiger partial charge on any atom is -0.480 e. The molecule has 1 aromatic rings. The minimum atomic E-state index is -5.12. The Morgan fingerprint density at radius 3 is 2.11 bits per heavy atom. The zero-order valence-corrected chi connectivity index (χ0v) is 9.47. The van der Waals surface area contributed by atoms with Gasteiger partial charge in [-0.3, -0.25) is 4.79 Å². The Morgan fingerprint density at radius 1 is 1.26 bits per heavy atom. The van der Waals surface area contributed by atoms with Gasteiger partial charge in [-0.2, -0.15) is 13.2 Å². The second kappa shape index (κ2) is 5.52. The van der Waals surface area contributed by atoms with Crippen LogP contribution >= 0.6 is 0 Å². The topological polar surface area (TPSA) is 63.3 Å². The molecule has 0 bridgehead atoms. The van der Waals surface area contributed by atoms with Gasteiger partial charge in [0.15, 0.2) is 0 Å². The van der Waals surface area contributed by atoms with E-state index in [9.17, 15) is 26.7 Å². The van der Waals surface area contributed by atoms with E-state index in [1.165, 1.54) is 0 Å². The highest BCUT2D eigenvalue weighted by Crippen LogP contribution is 2.34. The van der Waals surface area contributed by atoms with Crippen LogP contribution < -0.4 is 5.73 Å². The zero-order chi connectivity index (χ0) is 14.8. The van der Waals surface area contributed by atoms with E-state index in [1.54, 1.807) is 0 Å². The summed E-state index contributed by atoms with van der Waals surface area (Å²) in [4.78, 5) is 10.4. The van der Waals surface area contributed by atoms with E-state index < -0.39 is 35.4 Å². The lowest BCUT2D eigenvalue weighted by Gasteiger charge is -2.11. The van der Waals surface area contributed by atoms with E-state index in [4.69, 9.17) is 10.8 Å². The third-order valence-electron chi connectivity index (χ3n) is 2.45. The lowest BCUT2D eigenvalue weighted by molar-refractivity contribution is -0.142. The van der Waals surface area contributed by atoms with Crippen molar-refractivity contribution >= 4 is 5.97 Å². The normalized spacial score (nSPS) is 13.4. The summed E-state index contributed by atoms with van der Waals surface area (Å²) in [5, 5.41) is 8.50. The highest BCUT2D eigenvalue weighted by Gasteiger charge is 2.37. The van der Waals surface area contributed by atoms with Gasteiger partial charge in [0.1, 0.15) is 23.2 Å². The van der Waals surface area contributed by atoms with Crippen LogP contribution in [0.25, 0.3) is 0 Å². The number of carboxylic acid groups (broad SMARTS) is 1. The van der Waals surface area contributed by atoms with Crippen LogP contribution in [0.2, 0.25) is 0 Å². The molecule has 3 N–H and O–H groups in total. The van der Waals surface area contributed by atoms with E-state index in [1.807, 2.05) is 0 Å². The second-order valence-electron chi connectivity index (χ2n) is 3.92. The average molecular weight is 283 g/mol. The first-order valence-corrected chi connectivity index (χ1v) is 5.16. The smallest absolute Gasteiger partial charge is 0.422 e. The fraction of sp³-hybridized carbons (Fsp3) is 0.364. The molecule has 3 nitrogen and oxygen atoms in total. The van der Waals surface area contributed by atoms with Crippen molar-refractivity contribution < 1.29 is 31.9 Å². The van der Waals surface area contributed by atoms with Crippen molar-refractivity contribution in [3.8, 4) is 0 Å². The molecule has 0 spiro atoms. The van der Waals surface area contributed by atoms with Crippen LogP contribution in [0.4, 0.5) is 22.0 Å². The number of halogens is 5. The Morgan fingerprint density at radius 2 is 1.74 bits per heavy atom. The quantitative estimate of drug-likeness (QED) is 0.834. The molecule has 0 heterocycles. The summed E-state index contributed by atoms with van der Waals surface area (Å²) >= 11 is 0. The van der Waals surface area contributed by atoms with Crippen molar-refractivity contribution in [2.45, 2.75) is 25.1 Å². The number of benzene rings is 1. The maximum atomic E-state index is 13.2. The molecule has 0 unspecified atom stereocenters. The molecule has 1 aromatic carbocycles. The molecule has 8 heteroatoms. The summed E-state index contributed by atoms with van der Waals surface area (Å²) in [5.74, 6) is -4.76. The summed E-state index contributed by atoms with van der Waals surface area (Å²) in [6.45, 7) is 0. The van der Waals surface area contributed by atoms with Crippen LogP contribution in [0, 0.1) is 11.6 Å². The number of hydrogen-bond acceptors (Lipinski definition) is 2. The highest BCUT2D eigenvalue weighted by atomic mass is 19.4. The Labute approximate surface area is 104 Å². The third-order valence-corrected chi connectivity index (χ3v) is 2.45. The minimum absolute atomic E-state index is 0.0836. The molecular formula is C11H10F5NO2. The second-order valence-corrected chi connectivity index (χ2v) is 3.92. The zero-order valence-electron chi connectivity index (χ0n) is 9.47. The Kier molecular flexibility index (Phi) is 4.46. The van der Waals surface area contributed by atoms with Gasteiger partial charge in [0.2, 0.25) is 0 Å². The van der Waals surface area contributed by atoms with Gasteiger partial charge in [-0.05, 0) is 30.5 Å². The molecule has 0 aliphatic carbocycles. The van der Waals surface area contributed by atoms with Crippen LogP contribution in [-0.2, 0) is 17.4 Å². The summed E-state index contributed by atoms with van der Waals surface area (Å²) in [7, 11) is 0. The predicted octanol–water partition coefficient (Wildman–Crippen LogP) is 2.33. The number of carbonyl (C=O) groups is 1. The van der Waals surface area contributed by atoms with Crippen molar-refractivity contribution in [3.63, 3.8) is 0 Å². The van der Waals surface area contributed by atoms with Crippen LogP contribution in [0.3, 0.4) is 0 Å². The van der Waals surface area contributed by atoms with Crippen LogP contribution in [0.5, 0.6) is 0 Å². The van der Waals surface area contributed by atoms with E-state index in [0.29, 0.717) is 12.1 Å². The van der Waals surface area contributed by atoms with Gasteiger partial charge in [0.05, 0.1) is 0 Å². The lowest BCUT2D eigenvalue weighted by atomic mass is 10.0. The van der Waals surface area contributed by atoms with Crippen molar-refractivity contribution in [1.29, 1.82) is 0 Å². The first-order valence-electron chi connectivity index (χ1n) is 5.16. The number of hydrogen-bond donors (Lipinski definition) is 2. The molecule has 0 saturated heterocycles. The monoisotopic (exact) mass is 283 g/mol. The van der Waals surface area contributed by atoms with E-state index in [-0.39, 0.29) is 18.4 Å². The Balaban J connectivity index is 2.93. The third kappa shape index (κ3) is 3.88. The number of alkyl halides is 3. The summed E-state index contributed by atoms with van der Waals surface area (Å²) in [5.41, 5.74) is 3.13. The fourth-order valence-electron chi connectivity index (χ4n) is 1.49. The molecule has 0 fully saturated rings. The van der Waals surface area contributed by atoms with Gasteiger partial charge in [-0.1, -0.05) is 0 Å². The molecule has 0 amide bonds. The number of aryl methyl sites for hydroxylation is 1. The number of aliphatic carboxylic acids is 1. The Hall–Kier alpha value is -1.70. The maximum Gasteiger partial charge on any atom is 0.422 e. The Bertz CT molecular complexity index is 463. The SMILES string of the molecule is N[C@@H](CCc1cc(F)c(C(F)(F)F)c(F)c1)C(=O)O. The van der Waals surface area contributed by atoms with E-state index in [2.05, 4.69) is 0 Å². The summed E-state index contributed by atoms with van der Waals surface area (Å²) in [6.07, 6.45) is -5.40. The van der Waals surface area contributed by atoms with Crippen LogP contribution in [-0.4, -0.2) is 17.1 Å². The van der Waals surface area contributed by atoms with Crippen molar-refractivity contribution in [3.05, 3.63) is 34.9 Å². The number of rotatable bonds is 4. The molecule has 0 radical (unpaired) electrons. The van der Waals surface area contributed by atoms with Gasteiger partial charge >= 0.3 is 12.1 Å². The molecule has 0 aliphatic rings. The standard InChI is InChI=1S/C11H10F5NO2/c12-6-3-5(1-2-8(17)10(18)19)4-7(13)9(6)11(14,15)16/h3-4,8H,1-2,17H2,(H,18,19)/t8-/m0/s1. The lowest BCUT2D eigenvalue weighted by Crippen LogP contribution is -2.30. The highest BCUT2D eigenvalue weighted by molar-refractivity contribution is 5.73. The maximum absolute atomic E-state index is 13.2. The predicted molar refractivity (Wildman–Crippen MR) is 55.3 cm³/mol. The van der Waals surface area contributed by atoms with E-state index >= 15 is 0 Å².